The summed E-state index contributed by atoms with van der Waals surface area (Å²) >= 11 is 0. The van der Waals surface area contributed by atoms with Gasteiger partial charge in [0.25, 0.3) is 0 Å². The van der Waals surface area contributed by atoms with E-state index in [2.05, 4.69) is 14.8 Å². The van der Waals surface area contributed by atoms with Crippen LogP contribution in [0.1, 0.15) is 6.92 Å². The van der Waals surface area contributed by atoms with Crippen molar-refractivity contribution in [3.8, 4) is 0 Å². The first kappa shape index (κ1) is 9.81. The second-order valence-electron chi connectivity index (χ2n) is 1.77. The number of ether oxygens (including phenoxy) is 1. The Morgan fingerprint density at radius 1 is 1.82 bits per heavy atom. The van der Waals surface area contributed by atoms with E-state index < -0.39 is 5.97 Å². The van der Waals surface area contributed by atoms with Crippen molar-refractivity contribution in [2.75, 3.05) is 19.7 Å². The highest BCUT2D eigenvalue weighted by atomic mass is 16.5. The van der Waals surface area contributed by atoms with Gasteiger partial charge in [0.15, 0.2) is 0 Å². The zero-order chi connectivity index (χ0) is 8.53. The summed E-state index contributed by atoms with van der Waals surface area (Å²) in [6.45, 7) is 3.70. The Labute approximate surface area is 65.0 Å². The molecule has 0 saturated carbocycles. The van der Waals surface area contributed by atoms with E-state index in [0.29, 0.717) is 19.4 Å². The maximum atomic E-state index is 10.4. The van der Waals surface area contributed by atoms with E-state index in [1.54, 1.807) is 0 Å². The largest absolute Gasteiger partial charge is 0.456 e. The van der Waals surface area contributed by atoms with Gasteiger partial charge in [0.05, 0.1) is 0 Å². The van der Waals surface area contributed by atoms with E-state index in [-0.39, 0.29) is 0 Å². The van der Waals surface area contributed by atoms with Gasteiger partial charge < -0.3 is 15.6 Å². The Bertz CT molecular complexity index is 163. The second kappa shape index (κ2) is 6.92. The molecule has 0 aliphatic carbocycles. The normalized spacial score (nSPS) is 8.45. The predicted octanol–water partition coefficient (Wildman–Crippen LogP) is -0.560. The van der Waals surface area contributed by atoms with Crippen LogP contribution in [0.4, 0.5) is 0 Å². The van der Waals surface area contributed by atoms with E-state index in [9.17, 15) is 4.79 Å². The van der Waals surface area contributed by atoms with Gasteiger partial charge >= 0.3 is 12.2 Å². The third-order valence-electron chi connectivity index (χ3n) is 0.936. The molecule has 1 N–H and O–H groups in total. The van der Waals surface area contributed by atoms with Crippen molar-refractivity contribution >= 4 is 12.2 Å². The number of carbonyl (C=O) groups is 1. The Kier molecular flexibility index (Phi) is 6.17. The van der Waals surface area contributed by atoms with Crippen molar-refractivity contribution < 1.29 is 14.3 Å². The monoisotopic (exact) mass is 157 g/mol. The molecule has 0 fully saturated rings. The standard InChI is InChI=1S/C6H11N3O2/c1-2-8-3-4-11-6(10)5-9-7/h5,8H,2-4H2,1H3. The molecule has 62 valence electrons. The fourth-order valence-corrected chi connectivity index (χ4v) is 0.485. The van der Waals surface area contributed by atoms with Crippen molar-refractivity contribution in [1.29, 1.82) is 0 Å². The van der Waals surface area contributed by atoms with Crippen molar-refractivity contribution in [2.45, 2.75) is 6.92 Å². The smallest absolute Gasteiger partial charge is 0.413 e. The molecule has 0 spiro atoms. The first-order valence-electron chi connectivity index (χ1n) is 3.36. The number of likely N-dealkylation sites (N-methyl/N-ethyl adjacent to an activating group) is 1. The van der Waals surface area contributed by atoms with Gasteiger partial charge in [0, 0.05) is 6.54 Å². The Hall–Kier alpha value is -1.19. The molecule has 0 saturated heterocycles. The van der Waals surface area contributed by atoms with Crippen molar-refractivity contribution in [3.05, 3.63) is 5.53 Å². The first-order chi connectivity index (χ1) is 5.31. The number of hydrogen-bond donors (Lipinski definition) is 1. The average Bonchev–Trinajstić information content (AvgIpc) is 1.99. The molecule has 5 nitrogen and oxygen atoms in total. The Morgan fingerprint density at radius 2 is 2.55 bits per heavy atom. The maximum absolute atomic E-state index is 10.4. The van der Waals surface area contributed by atoms with Crippen LogP contribution in [-0.4, -0.2) is 36.7 Å². The topological polar surface area (TPSA) is 74.7 Å². The van der Waals surface area contributed by atoms with Gasteiger partial charge in [-0.05, 0) is 6.54 Å². The molecule has 0 aliphatic rings. The predicted molar refractivity (Wildman–Crippen MR) is 39.2 cm³/mol. The van der Waals surface area contributed by atoms with E-state index >= 15 is 0 Å². The van der Waals surface area contributed by atoms with E-state index in [1.807, 2.05) is 6.92 Å². The number of hydrogen-bond acceptors (Lipinski definition) is 3. The lowest BCUT2D eigenvalue weighted by Crippen LogP contribution is -2.21. The van der Waals surface area contributed by atoms with Crippen LogP contribution >= 0.6 is 0 Å². The summed E-state index contributed by atoms with van der Waals surface area (Å²) in [5, 5.41) is 2.96. The second-order valence-corrected chi connectivity index (χ2v) is 1.77. The lowest BCUT2D eigenvalue weighted by atomic mass is 10.6. The number of rotatable bonds is 5. The molecule has 0 amide bonds. The summed E-state index contributed by atoms with van der Waals surface area (Å²) in [5.74, 6) is -0.634. The van der Waals surface area contributed by atoms with Gasteiger partial charge in [0.1, 0.15) is 6.61 Å². The molecule has 5 heteroatoms. The Morgan fingerprint density at radius 3 is 3.09 bits per heavy atom. The highest BCUT2D eigenvalue weighted by Crippen LogP contribution is 1.71. The molecule has 0 aromatic rings. The van der Waals surface area contributed by atoms with Crippen LogP contribution in [0.5, 0.6) is 0 Å². The lowest BCUT2D eigenvalue weighted by molar-refractivity contribution is -0.138. The van der Waals surface area contributed by atoms with Gasteiger partial charge in [-0.25, -0.2) is 4.79 Å². The molecule has 11 heavy (non-hydrogen) atoms. The van der Waals surface area contributed by atoms with Crippen molar-refractivity contribution in [2.24, 2.45) is 0 Å². The minimum Gasteiger partial charge on any atom is -0.456 e. The number of carbonyl (C=O) groups excluding carboxylic acids is 1. The highest BCUT2D eigenvalue weighted by Gasteiger charge is 2.00. The SMILES string of the molecule is CCNCCOC(=O)C=[N+]=[N-]. The fourth-order valence-electron chi connectivity index (χ4n) is 0.485. The van der Waals surface area contributed by atoms with Gasteiger partial charge in [-0.2, -0.15) is 4.79 Å². The zero-order valence-electron chi connectivity index (χ0n) is 6.41. The van der Waals surface area contributed by atoms with Gasteiger partial charge in [-0.1, -0.05) is 6.92 Å². The van der Waals surface area contributed by atoms with E-state index in [4.69, 9.17) is 5.53 Å². The van der Waals surface area contributed by atoms with Crippen molar-refractivity contribution in [1.82, 2.24) is 5.32 Å². The quantitative estimate of drug-likeness (QED) is 0.191. The number of nitrogens with zero attached hydrogens (tertiary/aromatic N) is 2. The lowest BCUT2D eigenvalue weighted by Gasteiger charge is -1.99. The maximum Gasteiger partial charge on any atom is 0.413 e. The van der Waals surface area contributed by atoms with E-state index in [0.717, 1.165) is 6.54 Å². The van der Waals surface area contributed by atoms with Crippen LogP contribution < -0.4 is 5.32 Å². The minimum atomic E-state index is -0.634. The molecule has 0 radical (unpaired) electrons. The molecule has 0 aliphatic heterocycles. The summed E-state index contributed by atoms with van der Waals surface area (Å²) in [4.78, 5) is 13.0. The molecular formula is C6H11N3O2. The summed E-state index contributed by atoms with van der Waals surface area (Å²) in [6, 6.07) is 0. The van der Waals surface area contributed by atoms with Gasteiger partial charge in [-0.3, -0.25) is 0 Å². The highest BCUT2D eigenvalue weighted by molar-refractivity contribution is 6.20. The van der Waals surface area contributed by atoms with Crippen LogP contribution in [0.2, 0.25) is 0 Å². The van der Waals surface area contributed by atoms with Crippen LogP contribution in [0.25, 0.3) is 5.53 Å². The van der Waals surface area contributed by atoms with Crippen LogP contribution in [-0.2, 0) is 9.53 Å². The van der Waals surface area contributed by atoms with Crippen LogP contribution in [0, 0.1) is 0 Å². The average molecular weight is 157 g/mol. The summed E-state index contributed by atoms with van der Waals surface area (Å²) in [7, 11) is 0. The van der Waals surface area contributed by atoms with Crippen LogP contribution in [0.3, 0.4) is 0 Å². The van der Waals surface area contributed by atoms with Crippen LogP contribution in [0.15, 0.2) is 0 Å². The van der Waals surface area contributed by atoms with Gasteiger partial charge in [0.2, 0.25) is 0 Å². The number of esters is 1. The van der Waals surface area contributed by atoms with Crippen molar-refractivity contribution in [3.63, 3.8) is 0 Å². The van der Waals surface area contributed by atoms with Gasteiger partial charge in [-0.15, -0.1) is 0 Å². The minimum absolute atomic E-state index is 0.290. The zero-order valence-corrected chi connectivity index (χ0v) is 6.41. The third kappa shape index (κ3) is 6.70. The molecular weight excluding hydrogens is 146 g/mol. The fraction of sp³-hybridized carbons (Fsp3) is 0.667. The molecule has 0 rings (SSSR count). The summed E-state index contributed by atoms with van der Waals surface area (Å²) in [5.41, 5.74) is 7.89. The third-order valence-corrected chi connectivity index (χ3v) is 0.936. The molecule has 0 heterocycles. The summed E-state index contributed by atoms with van der Waals surface area (Å²) in [6.07, 6.45) is 0.714. The molecule has 0 unspecified atom stereocenters. The molecule has 0 atom stereocenters. The first-order valence-corrected chi connectivity index (χ1v) is 3.36. The molecule has 0 bridgehead atoms. The molecule has 0 aromatic heterocycles. The van der Waals surface area contributed by atoms with E-state index in [1.165, 1.54) is 0 Å². The molecule has 0 aromatic carbocycles. The Balaban J connectivity index is 3.24. The summed E-state index contributed by atoms with van der Waals surface area (Å²) < 4.78 is 4.57. The number of nitrogens with one attached hydrogen (secondary N) is 1.